The van der Waals surface area contributed by atoms with Crippen LogP contribution in [0.5, 0.6) is 0 Å². The van der Waals surface area contributed by atoms with Gasteiger partial charge in [-0.05, 0) is 6.42 Å². The van der Waals surface area contributed by atoms with E-state index in [9.17, 15) is 4.79 Å². The van der Waals surface area contributed by atoms with E-state index in [1.54, 1.807) is 0 Å². The lowest BCUT2D eigenvalue weighted by atomic mass is 10.4. The largest absolute Gasteiger partial charge is 0.461 e. The smallest absolute Gasteiger partial charge is 0.352 e. The third-order valence-corrected chi connectivity index (χ3v) is 0.905. The van der Waals surface area contributed by atoms with Crippen LogP contribution in [-0.2, 0) is 9.53 Å². The molecule has 0 aliphatic heterocycles. The minimum Gasteiger partial charge on any atom is -0.461 e. The number of esters is 1. The van der Waals surface area contributed by atoms with E-state index in [-0.39, 0.29) is 0 Å². The maximum absolute atomic E-state index is 10.4. The molecule has 0 atom stereocenters. The highest BCUT2D eigenvalue weighted by Crippen LogP contribution is 1.86. The maximum Gasteiger partial charge on any atom is 0.352 e. The molecule has 0 aliphatic carbocycles. The predicted octanol–water partition coefficient (Wildman–Crippen LogP) is 0.790. The molecule has 0 amide bonds. The van der Waals surface area contributed by atoms with Crippen molar-refractivity contribution in [1.29, 1.82) is 0 Å². The minimum absolute atomic E-state index is 0.390. The molecule has 0 bridgehead atoms. The lowest BCUT2D eigenvalue weighted by Gasteiger charge is -1.96. The number of oxime groups is 1. The number of rotatable bonds is 4. The van der Waals surface area contributed by atoms with Crippen molar-refractivity contribution in [2.24, 2.45) is 5.16 Å². The van der Waals surface area contributed by atoms with Gasteiger partial charge < -0.3 is 9.94 Å². The number of unbranched alkanes of at least 4 members (excludes halogenated alkanes) is 1. The predicted molar refractivity (Wildman–Crippen MR) is 36.1 cm³/mol. The Kier molecular flexibility index (Phi) is 5.42. The van der Waals surface area contributed by atoms with Crippen molar-refractivity contribution in [3.8, 4) is 0 Å². The monoisotopic (exact) mass is 145 g/mol. The molecule has 0 saturated carbocycles. The highest BCUT2D eigenvalue weighted by atomic mass is 16.5. The second-order valence-corrected chi connectivity index (χ2v) is 1.77. The Balaban J connectivity index is 3.22. The number of ether oxygens (including phenoxy) is 1. The third-order valence-electron chi connectivity index (χ3n) is 0.905. The fourth-order valence-electron chi connectivity index (χ4n) is 0.402. The SMILES string of the molecule is CCCCOC(=O)C=NO. The maximum atomic E-state index is 10.4. The van der Waals surface area contributed by atoms with Gasteiger partial charge in [-0.15, -0.1) is 0 Å². The van der Waals surface area contributed by atoms with E-state index in [1.807, 2.05) is 6.92 Å². The Morgan fingerprint density at radius 3 is 3.00 bits per heavy atom. The summed E-state index contributed by atoms with van der Waals surface area (Å²) in [6.45, 7) is 2.38. The van der Waals surface area contributed by atoms with Crippen LogP contribution in [0, 0.1) is 0 Å². The Morgan fingerprint density at radius 2 is 2.50 bits per heavy atom. The molecule has 0 saturated heterocycles. The summed E-state index contributed by atoms with van der Waals surface area (Å²) in [6.07, 6.45) is 2.55. The van der Waals surface area contributed by atoms with Crippen LogP contribution in [0.15, 0.2) is 5.16 Å². The van der Waals surface area contributed by atoms with Gasteiger partial charge in [-0.3, -0.25) is 0 Å². The van der Waals surface area contributed by atoms with Crippen LogP contribution in [0.4, 0.5) is 0 Å². The van der Waals surface area contributed by atoms with Gasteiger partial charge in [-0.2, -0.15) is 0 Å². The van der Waals surface area contributed by atoms with Crippen LogP contribution in [0.1, 0.15) is 19.8 Å². The molecular formula is C6H11NO3. The molecule has 10 heavy (non-hydrogen) atoms. The van der Waals surface area contributed by atoms with E-state index in [0.717, 1.165) is 19.1 Å². The molecular weight excluding hydrogens is 134 g/mol. The second kappa shape index (κ2) is 6.07. The first-order valence-electron chi connectivity index (χ1n) is 3.15. The van der Waals surface area contributed by atoms with Gasteiger partial charge in [0.1, 0.15) is 0 Å². The van der Waals surface area contributed by atoms with Gasteiger partial charge >= 0.3 is 5.97 Å². The molecule has 0 spiro atoms. The molecule has 58 valence electrons. The van der Waals surface area contributed by atoms with Gasteiger partial charge in [-0.1, -0.05) is 18.5 Å². The van der Waals surface area contributed by atoms with Crippen LogP contribution in [0.3, 0.4) is 0 Å². The van der Waals surface area contributed by atoms with E-state index in [0.29, 0.717) is 6.61 Å². The molecule has 1 N–H and O–H groups in total. The number of hydrogen-bond acceptors (Lipinski definition) is 4. The van der Waals surface area contributed by atoms with Gasteiger partial charge in [0.05, 0.1) is 6.61 Å². The number of carbonyl (C=O) groups excluding carboxylic acids is 1. The van der Waals surface area contributed by atoms with Crippen molar-refractivity contribution in [2.45, 2.75) is 19.8 Å². The Labute approximate surface area is 59.5 Å². The van der Waals surface area contributed by atoms with Crippen LogP contribution in [-0.4, -0.2) is 24.0 Å². The number of hydrogen-bond donors (Lipinski definition) is 1. The summed E-state index contributed by atoms with van der Waals surface area (Å²) in [6, 6.07) is 0. The first-order valence-corrected chi connectivity index (χ1v) is 3.15. The topological polar surface area (TPSA) is 58.9 Å². The van der Waals surface area contributed by atoms with E-state index in [4.69, 9.17) is 5.21 Å². The summed E-state index contributed by atoms with van der Waals surface area (Å²) in [4.78, 5) is 10.4. The summed E-state index contributed by atoms with van der Waals surface area (Å²) in [5.41, 5.74) is 0. The Bertz CT molecular complexity index is 122. The number of carbonyl (C=O) groups is 1. The summed E-state index contributed by atoms with van der Waals surface area (Å²) in [5.74, 6) is -0.601. The van der Waals surface area contributed by atoms with Gasteiger partial charge in [0, 0.05) is 0 Å². The average molecular weight is 145 g/mol. The molecule has 0 heterocycles. The zero-order chi connectivity index (χ0) is 7.82. The van der Waals surface area contributed by atoms with Crippen LogP contribution >= 0.6 is 0 Å². The minimum atomic E-state index is -0.601. The molecule has 0 aromatic carbocycles. The fraction of sp³-hybridized carbons (Fsp3) is 0.667. The molecule has 0 radical (unpaired) electrons. The molecule has 0 aromatic heterocycles. The van der Waals surface area contributed by atoms with Gasteiger partial charge in [0.2, 0.25) is 0 Å². The van der Waals surface area contributed by atoms with Gasteiger partial charge in [0.15, 0.2) is 6.21 Å². The van der Waals surface area contributed by atoms with Crippen molar-refractivity contribution in [3.63, 3.8) is 0 Å². The number of nitrogens with zero attached hydrogens (tertiary/aromatic N) is 1. The van der Waals surface area contributed by atoms with Crippen LogP contribution < -0.4 is 0 Å². The van der Waals surface area contributed by atoms with E-state index in [1.165, 1.54) is 0 Å². The summed E-state index contributed by atoms with van der Waals surface area (Å²) in [5, 5.41) is 10.4. The molecule has 0 aliphatic rings. The Morgan fingerprint density at radius 1 is 1.80 bits per heavy atom. The average Bonchev–Trinajstić information content (AvgIpc) is 1.89. The van der Waals surface area contributed by atoms with Crippen molar-refractivity contribution in [1.82, 2.24) is 0 Å². The first-order chi connectivity index (χ1) is 4.81. The van der Waals surface area contributed by atoms with E-state index in [2.05, 4.69) is 9.89 Å². The van der Waals surface area contributed by atoms with E-state index >= 15 is 0 Å². The zero-order valence-electron chi connectivity index (χ0n) is 5.91. The van der Waals surface area contributed by atoms with Crippen molar-refractivity contribution in [2.75, 3.05) is 6.61 Å². The normalized spacial score (nSPS) is 10.1. The molecule has 0 unspecified atom stereocenters. The molecule has 0 aromatic rings. The molecule has 4 nitrogen and oxygen atoms in total. The Hall–Kier alpha value is -1.06. The molecule has 0 fully saturated rings. The first kappa shape index (κ1) is 8.94. The summed E-state index contributed by atoms with van der Waals surface area (Å²) >= 11 is 0. The fourth-order valence-corrected chi connectivity index (χ4v) is 0.402. The standard InChI is InChI=1S/C6H11NO3/c1-2-3-4-10-6(8)5-7-9/h5,9H,2-4H2,1H3. The lowest BCUT2D eigenvalue weighted by Crippen LogP contribution is -2.06. The van der Waals surface area contributed by atoms with E-state index < -0.39 is 5.97 Å². The molecule has 4 heteroatoms. The van der Waals surface area contributed by atoms with Crippen molar-refractivity contribution in [3.05, 3.63) is 0 Å². The summed E-state index contributed by atoms with van der Waals surface area (Å²) < 4.78 is 4.57. The van der Waals surface area contributed by atoms with Gasteiger partial charge in [0.25, 0.3) is 0 Å². The van der Waals surface area contributed by atoms with Crippen molar-refractivity contribution >= 4 is 12.2 Å². The second-order valence-electron chi connectivity index (χ2n) is 1.77. The third kappa shape index (κ3) is 5.08. The van der Waals surface area contributed by atoms with Gasteiger partial charge in [-0.25, -0.2) is 4.79 Å². The highest BCUT2D eigenvalue weighted by molar-refractivity contribution is 6.22. The highest BCUT2D eigenvalue weighted by Gasteiger charge is 1.94. The zero-order valence-corrected chi connectivity index (χ0v) is 5.91. The quantitative estimate of drug-likeness (QED) is 0.209. The molecule has 0 rings (SSSR count). The lowest BCUT2D eigenvalue weighted by molar-refractivity contribution is -0.135. The summed E-state index contributed by atoms with van der Waals surface area (Å²) in [7, 11) is 0. The van der Waals surface area contributed by atoms with Crippen molar-refractivity contribution < 1.29 is 14.7 Å². The van der Waals surface area contributed by atoms with Crippen LogP contribution in [0.2, 0.25) is 0 Å². The van der Waals surface area contributed by atoms with Crippen LogP contribution in [0.25, 0.3) is 0 Å².